The third-order valence-corrected chi connectivity index (χ3v) is 3.56. The van der Waals surface area contributed by atoms with E-state index >= 15 is 0 Å². The average molecular weight is 366 g/mol. The summed E-state index contributed by atoms with van der Waals surface area (Å²) in [4.78, 5) is 24.8. The number of amides is 2. The van der Waals surface area contributed by atoms with E-state index in [-0.39, 0.29) is 18.4 Å². The molecule has 0 aliphatic carbocycles. The minimum Gasteiger partial charge on any atom is -0.495 e. The Balaban J connectivity index is 1.71. The zero-order valence-corrected chi connectivity index (χ0v) is 14.8. The van der Waals surface area contributed by atoms with E-state index in [4.69, 9.17) is 4.74 Å². The molecule has 0 radical (unpaired) electrons. The number of nitrogens with one attached hydrogen (secondary N) is 2. The van der Waals surface area contributed by atoms with E-state index in [1.54, 1.807) is 18.2 Å². The van der Waals surface area contributed by atoms with Crippen LogP contribution in [-0.4, -0.2) is 39.1 Å². The van der Waals surface area contributed by atoms with Crippen molar-refractivity contribution in [2.45, 2.75) is 13.5 Å². The summed E-state index contributed by atoms with van der Waals surface area (Å²) >= 11 is 0. The number of benzene rings is 2. The number of ether oxygens (including phenoxy) is 1. The topological polar surface area (TPSA) is 111 Å². The van der Waals surface area contributed by atoms with Gasteiger partial charge in [-0.1, -0.05) is 30.3 Å². The highest BCUT2D eigenvalue weighted by Gasteiger charge is 2.12. The first-order valence-corrected chi connectivity index (χ1v) is 8.14. The number of methoxy groups -OCH3 is 1. The number of tetrazole rings is 1. The molecule has 9 nitrogen and oxygen atoms in total. The lowest BCUT2D eigenvalue weighted by Gasteiger charge is -2.12. The lowest BCUT2D eigenvalue weighted by atomic mass is 10.2. The van der Waals surface area contributed by atoms with Gasteiger partial charge in [-0.2, -0.15) is 4.80 Å². The summed E-state index contributed by atoms with van der Waals surface area (Å²) in [5, 5.41) is 17.4. The first-order valence-electron chi connectivity index (χ1n) is 8.14. The van der Waals surface area contributed by atoms with E-state index in [1.165, 1.54) is 18.8 Å². The normalized spacial score (nSPS) is 10.3. The van der Waals surface area contributed by atoms with E-state index in [1.807, 2.05) is 30.3 Å². The molecule has 0 saturated heterocycles. The maximum Gasteiger partial charge on any atom is 0.248 e. The van der Waals surface area contributed by atoms with Gasteiger partial charge in [-0.3, -0.25) is 9.59 Å². The van der Waals surface area contributed by atoms with E-state index < -0.39 is 0 Å². The number of aromatic nitrogens is 4. The number of carbonyl (C=O) groups excluding carboxylic acids is 2. The monoisotopic (exact) mass is 366 g/mol. The van der Waals surface area contributed by atoms with Gasteiger partial charge in [-0.25, -0.2) is 0 Å². The summed E-state index contributed by atoms with van der Waals surface area (Å²) in [6.07, 6.45) is 0. The van der Waals surface area contributed by atoms with Crippen molar-refractivity contribution in [3.63, 3.8) is 0 Å². The second-order valence-corrected chi connectivity index (χ2v) is 5.65. The van der Waals surface area contributed by atoms with Crippen LogP contribution in [0.2, 0.25) is 0 Å². The van der Waals surface area contributed by atoms with Crippen molar-refractivity contribution in [2.75, 3.05) is 17.7 Å². The molecule has 1 heterocycles. The standard InChI is InChI=1S/C18H18N6O3/c1-12(25)19-14-8-9-16(27-2)15(10-14)20-17(26)11-24-22-18(21-23-24)13-6-4-3-5-7-13/h3-10H,11H2,1-2H3,(H,19,25)(H,20,26). The van der Waals surface area contributed by atoms with E-state index in [2.05, 4.69) is 26.0 Å². The van der Waals surface area contributed by atoms with Crippen LogP contribution in [0.5, 0.6) is 5.75 Å². The van der Waals surface area contributed by atoms with Crippen LogP contribution in [0, 0.1) is 0 Å². The fourth-order valence-electron chi connectivity index (χ4n) is 2.42. The molecule has 27 heavy (non-hydrogen) atoms. The van der Waals surface area contributed by atoms with Crippen LogP contribution in [0.3, 0.4) is 0 Å². The summed E-state index contributed by atoms with van der Waals surface area (Å²) < 4.78 is 5.24. The van der Waals surface area contributed by atoms with Crippen LogP contribution in [0.1, 0.15) is 6.92 Å². The van der Waals surface area contributed by atoms with Gasteiger partial charge >= 0.3 is 0 Å². The molecular weight excluding hydrogens is 348 g/mol. The Kier molecular flexibility index (Phi) is 5.41. The van der Waals surface area contributed by atoms with E-state index in [9.17, 15) is 9.59 Å². The van der Waals surface area contributed by atoms with Gasteiger partial charge in [-0.15, -0.1) is 10.2 Å². The molecule has 138 valence electrons. The Morgan fingerprint density at radius 3 is 2.59 bits per heavy atom. The Morgan fingerprint density at radius 2 is 1.89 bits per heavy atom. The number of anilines is 2. The van der Waals surface area contributed by atoms with Crippen LogP contribution >= 0.6 is 0 Å². The second-order valence-electron chi connectivity index (χ2n) is 5.65. The van der Waals surface area contributed by atoms with Gasteiger partial charge < -0.3 is 15.4 Å². The lowest BCUT2D eigenvalue weighted by molar-refractivity contribution is -0.117. The number of nitrogens with zero attached hydrogens (tertiary/aromatic N) is 4. The highest BCUT2D eigenvalue weighted by Crippen LogP contribution is 2.27. The first kappa shape index (κ1) is 18.1. The van der Waals surface area contributed by atoms with Crippen molar-refractivity contribution < 1.29 is 14.3 Å². The van der Waals surface area contributed by atoms with Gasteiger partial charge in [0.15, 0.2) is 0 Å². The molecule has 9 heteroatoms. The lowest BCUT2D eigenvalue weighted by Crippen LogP contribution is -2.21. The Hall–Kier alpha value is -3.75. The highest BCUT2D eigenvalue weighted by atomic mass is 16.5. The van der Waals surface area contributed by atoms with Crippen molar-refractivity contribution in [1.82, 2.24) is 20.2 Å². The molecule has 0 aliphatic rings. The minimum atomic E-state index is -0.356. The molecule has 2 N–H and O–H groups in total. The predicted octanol–water partition coefficient (Wildman–Crippen LogP) is 1.95. The summed E-state index contributed by atoms with van der Waals surface area (Å²) in [6, 6.07) is 14.3. The summed E-state index contributed by atoms with van der Waals surface area (Å²) in [5.74, 6) is 0.339. The molecule has 1 aromatic heterocycles. The highest BCUT2D eigenvalue weighted by molar-refractivity contribution is 5.94. The van der Waals surface area contributed by atoms with Gasteiger partial charge in [0.2, 0.25) is 17.6 Å². The van der Waals surface area contributed by atoms with Crippen LogP contribution in [0.15, 0.2) is 48.5 Å². The number of rotatable bonds is 6. The molecule has 0 saturated carbocycles. The molecule has 0 bridgehead atoms. The molecule has 0 atom stereocenters. The Morgan fingerprint density at radius 1 is 1.11 bits per heavy atom. The zero-order valence-electron chi connectivity index (χ0n) is 14.8. The fraction of sp³-hybridized carbons (Fsp3) is 0.167. The van der Waals surface area contributed by atoms with Crippen molar-refractivity contribution in [1.29, 1.82) is 0 Å². The fourth-order valence-corrected chi connectivity index (χ4v) is 2.42. The molecule has 2 amide bonds. The molecule has 0 unspecified atom stereocenters. The van der Waals surface area contributed by atoms with Gasteiger partial charge in [0, 0.05) is 18.2 Å². The first-order chi connectivity index (χ1) is 13.0. The third-order valence-electron chi connectivity index (χ3n) is 3.56. The maximum absolute atomic E-state index is 12.3. The van der Waals surface area contributed by atoms with Crippen LogP contribution in [-0.2, 0) is 16.1 Å². The van der Waals surface area contributed by atoms with Gasteiger partial charge in [0.25, 0.3) is 0 Å². The van der Waals surface area contributed by atoms with Crippen LogP contribution in [0.25, 0.3) is 11.4 Å². The molecule has 0 aliphatic heterocycles. The smallest absolute Gasteiger partial charge is 0.248 e. The predicted molar refractivity (Wildman–Crippen MR) is 99.2 cm³/mol. The van der Waals surface area contributed by atoms with Crippen molar-refractivity contribution in [3.8, 4) is 17.1 Å². The Labute approximate surface area is 155 Å². The van der Waals surface area contributed by atoms with Gasteiger partial charge in [-0.05, 0) is 23.4 Å². The van der Waals surface area contributed by atoms with E-state index in [0.29, 0.717) is 22.9 Å². The van der Waals surface area contributed by atoms with Gasteiger partial charge in [0.1, 0.15) is 12.3 Å². The molecule has 0 fully saturated rings. The third kappa shape index (κ3) is 4.66. The number of hydrogen-bond donors (Lipinski definition) is 2. The molecular formula is C18H18N6O3. The SMILES string of the molecule is COc1ccc(NC(C)=O)cc1NC(=O)Cn1nnc(-c2ccccc2)n1. The zero-order chi connectivity index (χ0) is 19.2. The van der Waals surface area contributed by atoms with Crippen molar-refractivity contribution in [2.24, 2.45) is 0 Å². The second kappa shape index (κ2) is 8.09. The van der Waals surface area contributed by atoms with Crippen LogP contribution < -0.4 is 15.4 Å². The molecule has 3 rings (SSSR count). The summed E-state index contributed by atoms with van der Waals surface area (Å²) in [6.45, 7) is 1.29. The Bertz CT molecular complexity index is 955. The molecule has 3 aromatic rings. The maximum atomic E-state index is 12.3. The van der Waals surface area contributed by atoms with Crippen molar-refractivity contribution >= 4 is 23.2 Å². The molecule has 2 aromatic carbocycles. The number of hydrogen-bond acceptors (Lipinski definition) is 6. The van der Waals surface area contributed by atoms with Crippen LogP contribution in [0.4, 0.5) is 11.4 Å². The largest absolute Gasteiger partial charge is 0.495 e. The van der Waals surface area contributed by atoms with E-state index in [0.717, 1.165) is 5.56 Å². The molecule has 0 spiro atoms. The van der Waals surface area contributed by atoms with Gasteiger partial charge in [0.05, 0.1) is 12.8 Å². The minimum absolute atomic E-state index is 0.118. The summed E-state index contributed by atoms with van der Waals surface area (Å²) in [5.41, 5.74) is 1.79. The average Bonchev–Trinajstić information content (AvgIpc) is 3.10. The summed E-state index contributed by atoms with van der Waals surface area (Å²) in [7, 11) is 1.49. The number of carbonyl (C=O) groups is 2. The van der Waals surface area contributed by atoms with Crippen molar-refractivity contribution in [3.05, 3.63) is 48.5 Å². The quantitative estimate of drug-likeness (QED) is 0.690.